The van der Waals surface area contributed by atoms with Crippen molar-refractivity contribution in [3.63, 3.8) is 0 Å². The molecule has 0 aromatic heterocycles. The van der Waals surface area contributed by atoms with Gasteiger partial charge >= 0.3 is 5.97 Å². The van der Waals surface area contributed by atoms with E-state index in [0.717, 1.165) is 50.5 Å². The van der Waals surface area contributed by atoms with Gasteiger partial charge in [-0.1, -0.05) is 31.4 Å². The molecule has 2 heterocycles. The number of ketones is 1. The number of rotatable bonds is 8. The maximum atomic E-state index is 12.3. The summed E-state index contributed by atoms with van der Waals surface area (Å²) in [5, 5.41) is 13.4. The zero-order valence-corrected chi connectivity index (χ0v) is 16.8. The van der Waals surface area contributed by atoms with Crippen molar-refractivity contribution in [2.45, 2.75) is 63.6 Å². The Labute approximate surface area is 171 Å². The highest BCUT2D eigenvalue weighted by Crippen LogP contribution is 2.44. The fourth-order valence-electron chi connectivity index (χ4n) is 5.17. The standard InChI is InChI=1S/C23H30N2O4/c26-20(16-4-2-1-3-5-16)14-25-24-13-19-18(21-10-11-22(19)29-21)12-15-6-8-17(9-7-15)23(27)28/h6-9,13,16,18-19,21-22,25H,1-5,10-12,14H2,(H,27,28). The second-order valence-corrected chi connectivity index (χ2v) is 8.65. The van der Waals surface area contributed by atoms with Crippen LogP contribution in [0.25, 0.3) is 0 Å². The largest absolute Gasteiger partial charge is 0.478 e. The number of carbonyl (C=O) groups is 2. The number of nitrogens with one attached hydrogen (secondary N) is 1. The number of carboxylic acids is 1. The first kappa shape index (κ1) is 20.1. The zero-order valence-electron chi connectivity index (χ0n) is 16.8. The van der Waals surface area contributed by atoms with E-state index < -0.39 is 5.97 Å². The van der Waals surface area contributed by atoms with Crippen LogP contribution in [0.5, 0.6) is 0 Å². The third-order valence-corrected chi connectivity index (χ3v) is 6.81. The number of carbonyl (C=O) groups excluding carboxylic acids is 1. The van der Waals surface area contributed by atoms with E-state index in [-0.39, 0.29) is 29.8 Å². The molecule has 6 nitrogen and oxygen atoms in total. The Hall–Kier alpha value is -2.21. The highest BCUT2D eigenvalue weighted by molar-refractivity contribution is 5.87. The first-order valence-electron chi connectivity index (χ1n) is 10.9. The van der Waals surface area contributed by atoms with E-state index in [0.29, 0.717) is 18.0 Å². The van der Waals surface area contributed by atoms with Gasteiger partial charge in [-0.05, 0) is 55.7 Å². The number of hydrogen-bond acceptors (Lipinski definition) is 5. The quantitative estimate of drug-likeness (QED) is 0.517. The minimum atomic E-state index is -0.904. The molecule has 2 saturated heterocycles. The fourth-order valence-corrected chi connectivity index (χ4v) is 5.17. The summed E-state index contributed by atoms with van der Waals surface area (Å²) >= 11 is 0. The number of nitrogens with zero attached hydrogens (tertiary/aromatic N) is 1. The lowest BCUT2D eigenvalue weighted by Gasteiger charge is -2.25. The summed E-state index contributed by atoms with van der Waals surface area (Å²) in [6, 6.07) is 7.11. The van der Waals surface area contributed by atoms with Crippen molar-refractivity contribution in [1.29, 1.82) is 0 Å². The highest BCUT2D eigenvalue weighted by atomic mass is 16.5. The second kappa shape index (κ2) is 9.08. The van der Waals surface area contributed by atoms with Crippen LogP contribution in [-0.4, -0.2) is 41.8 Å². The summed E-state index contributed by atoms with van der Waals surface area (Å²) in [4.78, 5) is 23.3. The van der Waals surface area contributed by atoms with E-state index in [9.17, 15) is 9.59 Å². The Morgan fingerprint density at radius 2 is 1.79 bits per heavy atom. The van der Waals surface area contributed by atoms with Gasteiger partial charge in [-0.15, -0.1) is 0 Å². The lowest BCUT2D eigenvalue weighted by atomic mass is 9.77. The molecule has 1 saturated carbocycles. The van der Waals surface area contributed by atoms with Crippen molar-refractivity contribution in [3.05, 3.63) is 35.4 Å². The Balaban J connectivity index is 1.32. The van der Waals surface area contributed by atoms with Crippen LogP contribution < -0.4 is 5.43 Å². The van der Waals surface area contributed by atoms with E-state index in [1.807, 2.05) is 18.3 Å². The monoisotopic (exact) mass is 398 g/mol. The van der Waals surface area contributed by atoms with Gasteiger partial charge in [0.15, 0.2) is 5.78 Å². The van der Waals surface area contributed by atoms with Crippen molar-refractivity contribution < 1.29 is 19.4 Å². The van der Waals surface area contributed by atoms with Crippen LogP contribution in [0.3, 0.4) is 0 Å². The van der Waals surface area contributed by atoms with Crippen molar-refractivity contribution in [2.24, 2.45) is 22.9 Å². The average molecular weight is 399 g/mol. The van der Waals surface area contributed by atoms with Crippen molar-refractivity contribution in [3.8, 4) is 0 Å². The molecule has 3 aliphatic rings. The van der Waals surface area contributed by atoms with Crippen molar-refractivity contribution >= 4 is 18.0 Å². The van der Waals surface area contributed by atoms with Gasteiger partial charge in [-0.3, -0.25) is 4.79 Å². The van der Waals surface area contributed by atoms with Crippen LogP contribution >= 0.6 is 0 Å². The lowest BCUT2D eigenvalue weighted by Crippen LogP contribution is -2.31. The Morgan fingerprint density at radius 1 is 1.07 bits per heavy atom. The third-order valence-electron chi connectivity index (χ3n) is 6.81. The highest BCUT2D eigenvalue weighted by Gasteiger charge is 2.47. The van der Waals surface area contributed by atoms with Crippen molar-refractivity contribution in [1.82, 2.24) is 5.43 Å². The molecule has 4 rings (SSSR count). The Morgan fingerprint density at radius 3 is 2.52 bits per heavy atom. The molecular weight excluding hydrogens is 368 g/mol. The summed E-state index contributed by atoms with van der Waals surface area (Å²) in [5.41, 5.74) is 4.40. The van der Waals surface area contributed by atoms with E-state index in [1.165, 1.54) is 6.42 Å². The molecule has 1 aromatic carbocycles. The number of Topliss-reactive ketones (excluding diaryl/α,β-unsaturated/α-hetero) is 1. The van der Waals surface area contributed by atoms with Gasteiger partial charge in [0.1, 0.15) is 0 Å². The number of aromatic carboxylic acids is 1. The minimum absolute atomic E-state index is 0.197. The minimum Gasteiger partial charge on any atom is -0.478 e. The molecule has 1 aliphatic carbocycles. The van der Waals surface area contributed by atoms with Crippen molar-refractivity contribution in [2.75, 3.05) is 6.54 Å². The molecule has 4 unspecified atom stereocenters. The van der Waals surface area contributed by atoms with Crippen LogP contribution in [-0.2, 0) is 16.0 Å². The number of benzene rings is 1. The Bertz CT molecular complexity index is 755. The van der Waals surface area contributed by atoms with E-state index in [4.69, 9.17) is 9.84 Å². The second-order valence-electron chi connectivity index (χ2n) is 8.65. The average Bonchev–Trinajstić information content (AvgIpc) is 3.34. The molecule has 3 fully saturated rings. The topological polar surface area (TPSA) is 88.0 Å². The molecular formula is C23H30N2O4. The molecule has 2 N–H and O–H groups in total. The van der Waals surface area contributed by atoms with Gasteiger partial charge in [-0.25, -0.2) is 4.79 Å². The smallest absolute Gasteiger partial charge is 0.335 e. The van der Waals surface area contributed by atoms with Crippen LogP contribution in [0.15, 0.2) is 29.4 Å². The molecule has 0 amide bonds. The predicted molar refractivity (Wildman–Crippen MR) is 110 cm³/mol. The molecule has 0 radical (unpaired) electrons. The first-order chi connectivity index (χ1) is 14.1. The van der Waals surface area contributed by atoms with E-state index in [2.05, 4.69) is 10.5 Å². The fraction of sp³-hybridized carbons (Fsp3) is 0.609. The molecule has 0 spiro atoms. The van der Waals surface area contributed by atoms with Crippen LogP contribution in [0, 0.1) is 17.8 Å². The lowest BCUT2D eigenvalue weighted by molar-refractivity contribution is -0.122. The molecule has 29 heavy (non-hydrogen) atoms. The number of carboxylic acid groups (broad SMARTS) is 1. The number of ether oxygens (including phenoxy) is 1. The SMILES string of the molecule is O=C(O)c1ccc(CC2C3CCC(O3)C2C=NNCC(=O)C2CCCCC2)cc1. The third kappa shape index (κ3) is 4.69. The van der Waals surface area contributed by atoms with Gasteiger partial charge in [0, 0.05) is 18.1 Å². The summed E-state index contributed by atoms with van der Waals surface area (Å²) in [6.07, 6.45) is 11.0. The maximum absolute atomic E-state index is 12.3. The Kier molecular flexibility index (Phi) is 6.28. The normalized spacial score (nSPS) is 29.4. The molecule has 156 valence electrons. The predicted octanol–water partition coefficient (Wildman–Crippen LogP) is 3.45. The van der Waals surface area contributed by atoms with E-state index in [1.54, 1.807) is 12.1 Å². The van der Waals surface area contributed by atoms with Gasteiger partial charge in [0.2, 0.25) is 0 Å². The maximum Gasteiger partial charge on any atom is 0.335 e. The summed E-state index contributed by atoms with van der Waals surface area (Å²) < 4.78 is 6.12. The van der Waals surface area contributed by atoms with Crippen LogP contribution in [0.1, 0.15) is 60.9 Å². The van der Waals surface area contributed by atoms with Gasteiger partial charge in [-0.2, -0.15) is 5.10 Å². The van der Waals surface area contributed by atoms with Gasteiger partial charge < -0.3 is 15.3 Å². The molecule has 2 bridgehead atoms. The summed E-state index contributed by atoms with van der Waals surface area (Å²) in [7, 11) is 0. The van der Waals surface area contributed by atoms with E-state index >= 15 is 0 Å². The summed E-state index contributed by atoms with van der Waals surface area (Å²) in [5.74, 6) is 0.146. The molecule has 6 heteroatoms. The van der Waals surface area contributed by atoms with Gasteiger partial charge in [0.05, 0.1) is 24.3 Å². The molecule has 4 atom stereocenters. The zero-order chi connectivity index (χ0) is 20.2. The van der Waals surface area contributed by atoms with Crippen LogP contribution in [0.4, 0.5) is 0 Å². The molecule has 1 aromatic rings. The number of fused-ring (bicyclic) bond motifs is 2. The van der Waals surface area contributed by atoms with Gasteiger partial charge in [0.25, 0.3) is 0 Å². The van der Waals surface area contributed by atoms with Crippen LogP contribution in [0.2, 0.25) is 0 Å². The molecule has 2 aliphatic heterocycles. The summed E-state index contributed by atoms with van der Waals surface area (Å²) in [6.45, 7) is 0.310. The number of hydrazone groups is 1. The number of hydrogen-bond donors (Lipinski definition) is 2. The first-order valence-corrected chi connectivity index (χ1v) is 10.9.